The Morgan fingerprint density at radius 3 is 2.25 bits per heavy atom. The second-order valence-electron chi connectivity index (χ2n) is 2.79. The fourth-order valence-electron chi connectivity index (χ4n) is 0.506. The van der Waals surface area contributed by atoms with Crippen molar-refractivity contribution in [3.63, 3.8) is 0 Å². The average Bonchev–Trinajstić information content (AvgIpc) is 1.81. The molecule has 1 atom stereocenters. The highest BCUT2D eigenvalue weighted by Gasteiger charge is 2.38. The van der Waals surface area contributed by atoms with Crippen molar-refractivity contribution >= 4 is 13.6 Å². The summed E-state index contributed by atoms with van der Waals surface area (Å²) in [5, 5.41) is 6.49. The molecule has 7 heteroatoms. The van der Waals surface area contributed by atoms with Gasteiger partial charge in [-0.15, -0.1) is 0 Å². The third-order valence-corrected chi connectivity index (χ3v) is 3.06. The van der Waals surface area contributed by atoms with Crippen LogP contribution in [0.15, 0.2) is 0 Å². The Balaban J connectivity index is 4.24. The van der Waals surface area contributed by atoms with E-state index in [0.29, 0.717) is 0 Å². The Morgan fingerprint density at radius 2 is 2.00 bits per heavy atom. The molecule has 12 heavy (non-hydrogen) atoms. The smallest absolute Gasteiger partial charge is 0.344 e. The van der Waals surface area contributed by atoms with E-state index in [0.717, 1.165) is 6.92 Å². The minimum absolute atomic E-state index is 0.243. The van der Waals surface area contributed by atoms with E-state index >= 15 is 0 Å². The second kappa shape index (κ2) is 3.53. The van der Waals surface area contributed by atoms with Gasteiger partial charge >= 0.3 is 13.6 Å². The summed E-state index contributed by atoms with van der Waals surface area (Å²) in [6, 6.07) is 0. The molecule has 0 bridgehead atoms. The van der Waals surface area contributed by atoms with Crippen LogP contribution in [-0.2, 0) is 9.36 Å². The molecule has 0 aromatic heterocycles. The van der Waals surface area contributed by atoms with Crippen LogP contribution in [0.1, 0.15) is 19.8 Å². The first-order chi connectivity index (χ1) is 5.17. The molecular weight excluding hydrogens is 185 g/mol. The van der Waals surface area contributed by atoms with Crippen molar-refractivity contribution in [3.8, 4) is 0 Å². The highest BCUT2D eigenvalue weighted by molar-refractivity contribution is 7.53. The van der Waals surface area contributed by atoms with E-state index in [1.807, 2.05) is 0 Å². The van der Waals surface area contributed by atoms with Crippen molar-refractivity contribution in [2.75, 3.05) is 0 Å². The molecule has 0 amide bonds. The molecule has 0 saturated heterocycles. The standard InChI is InChI=1S/C5H12NO5P/c1-5(6,12(9,10)11)3-2-4(7)8/h2-3,6H2,1H3,(H,7,8)(H2,9,10,11)/t5-/m0/s1. The second-order valence-corrected chi connectivity index (χ2v) is 4.90. The number of aliphatic carboxylic acids is 1. The summed E-state index contributed by atoms with van der Waals surface area (Å²) in [6.45, 7) is 1.14. The Labute approximate surface area is 69.5 Å². The number of hydrogen-bond acceptors (Lipinski definition) is 3. The molecule has 0 rings (SSSR count). The van der Waals surface area contributed by atoms with Gasteiger partial charge in [-0.3, -0.25) is 9.36 Å². The van der Waals surface area contributed by atoms with Crippen molar-refractivity contribution in [1.29, 1.82) is 0 Å². The van der Waals surface area contributed by atoms with Crippen LogP contribution in [0.2, 0.25) is 0 Å². The van der Waals surface area contributed by atoms with Gasteiger partial charge in [0.15, 0.2) is 0 Å². The average molecular weight is 197 g/mol. The molecule has 0 aliphatic heterocycles. The van der Waals surface area contributed by atoms with E-state index in [-0.39, 0.29) is 12.8 Å². The lowest BCUT2D eigenvalue weighted by atomic mass is 10.2. The number of carbonyl (C=O) groups is 1. The van der Waals surface area contributed by atoms with Crippen LogP contribution in [0.4, 0.5) is 0 Å². The maximum absolute atomic E-state index is 10.6. The minimum Gasteiger partial charge on any atom is -0.481 e. The summed E-state index contributed by atoms with van der Waals surface area (Å²) in [6.07, 6.45) is -0.593. The van der Waals surface area contributed by atoms with Gasteiger partial charge in [0.05, 0.1) is 0 Å². The van der Waals surface area contributed by atoms with Gasteiger partial charge in [-0.1, -0.05) is 0 Å². The molecule has 0 saturated carbocycles. The van der Waals surface area contributed by atoms with Crippen LogP contribution in [0.25, 0.3) is 0 Å². The summed E-state index contributed by atoms with van der Waals surface area (Å²) in [4.78, 5) is 27.4. The fraction of sp³-hybridized carbons (Fsp3) is 0.800. The predicted molar refractivity (Wildman–Crippen MR) is 41.5 cm³/mol. The zero-order chi connectivity index (χ0) is 9.99. The van der Waals surface area contributed by atoms with Crippen molar-refractivity contribution in [3.05, 3.63) is 0 Å². The first-order valence-electron chi connectivity index (χ1n) is 3.23. The maximum atomic E-state index is 10.6. The first-order valence-corrected chi connectivity index (χ1v) is 4.84. The van der Waals surface area contributed by atoms with Crippen LogP contribution >= 0.6 is 7.60 Å². The van der Waals surface area contributed by atoms with Gasteiger partial charge in [0.1, 0.15) is 5.28 Å². The highest BCUT2D eigenvalue weighted by atomic mass is 31.2. The third kappa shape index (κ3) is 3.32. The number of carboxylic acid groups (broad SMARTS) is 1. The number of rotatable bonds is 4. The molecule has 0 radical (unpaired) electrons. The SMILES string of the molecule is C[C@@](N)(CCC(=O)O)P(=O)(O)O. The lowest BCUT2D eigenvalue weighted by Crippen LogP contribution is -2.36. The quantitative estimate of drug-likeness (QED) is 0.459. The number of carboxylic acids is 1. The van der Waals surface area contributed by atoms with Crippen molar-refractivity contribution in [1.82, 2.24) is 0 Å². The van der Waals surface area contributed by atoms with Crippen LogP contribution < -0.4 is 5.73 Å². The van der Waals surface area contributed by atoms with Crippen molar-refractivity contribution < 1.29 is 24.3 Å². The largest absolute Gasteiger partial charge is 0.481 e. The van der Waals surface area contributed by atoms with Gasteiger partial charge < -0.3 is 20.6 Å². The molecule has 0 aromatic rings. The lowest BCUT2D eigenvalue weighted by molar-refractivity contribution is -0.137. The van der Waals surface area contributed by atoms with E-state index in [9.17, 15) is 9.36 Å². The van der Waals surface area contributed by atoms with E-state index in [1.165, 1.54) is 0 Å². The summed E-state index contributed by atoms with van der Waals surface area (Å²) in [5.41, 5.74) is 5.22. The van der Waals surface area contributed by atoms with Crippen LogP contribution in [0, 0.1) is 0 Å². The summed E-state index contributed by atoms with van der Waals surface area (Å²) in [7, 11) is -4.41. The van der Waals surface area contributed by atoms with Crippen LogP contribution in [0.3, 0.4) is 0 Å². The Morgan fingerprint density at radius 1 is 1.58 bits per heavy atom. The topological polar surface area (TPSA) is 121 Å². The van der Waals surface area contributed by atoms with E-state index in [1.54, 1.807) is 0 Å². The molecule has 0 aliphatic carbocycles. The van der Waals surface area contributed by atoms with Gasteiger partial charge in [-0.05, 0) is 13.3 Å². The Kier molecular flexibility index (Phi) is 3.41. The van der Waals surface area contributed by atoms with Gasteiger partial charge in [-0.2, -0.15) is 0 Å². The molecule has 0 aromatic carbocycles. The summed E-state index contributed by atoms with van der Waals surface area (Å²) >= 11 is 0. The van der Waals surface area contributed by atoms with Crippen molar-refractivity contribution in [2.45, 2.75) is 25.0 Å². The van der Waals surface area contributed by atoms with Gasteiger partial charge in [0.2, 0.25) is 0 Å². The van der Waals surface area contributed by atoms with Gasteiger partial charge in [0, 0.05) is 6.42 Å². The molecule has 0 aliphatic rings. The monoisotopic (exact) mass is 197 g/mol. The molecular formula is C5H12NO5P. The molecule has 0 heterocycles. The molecule has 0 fully saturated rings. The Hall–Kier alpha value is -0.420. The van der Waals surface area contributed by atoms with E-state index < -0.39 is 18.8 Å². The molecule has 5 N–H and O–H groups in total. The molecule has 0 unspecified atom stereocenters. The van der Waals surface area contributed by atoms with Crippen molar-refractivity contribution in [2.24, 2.45) is 5.73 Å². The maximum Gasteiger partial charge on any atom is 0.344 e. The molecule has 72 valence electrons. The van der Waals surface area contributed by atoms with Gasteiger partial charge in [-0.25, -0.2) is 0 Å². The van der Waals surface area contributed by atoms with Gasteiger partial charge in [0.25, 0.3) is 0 Å². The van der Waals surface area contributed by atoms with E-state index in [4.69, 9.17) is 20.6 Å². The lowest BCUT2D eigenvalue weighted by Gasteiger charge is -2.24. The highest BCUT2D eigenvalue weighted by Crippen LogP contribution is 2.48. The van der Waals surface area contributed by atoms with Crippen LogP contribution in [-0.4, -0.2) is 26.1 Å². The predicted octanol–water partition coefficient (Wildman–Crippen LogP) is -0.296. The molecule has 0 spiro atoms. The Bertz CT molecular complexity index is 220. The van der Waals surface area contributed by atoms with Crippen LogP contribution in [0.5, 0.6) is 0 Å². The first kappa shape index (κ1) is 11.6. The normalized spacial score (nSPS) is 17.0. The molecule has 6 nitrogen and oxygen atoms in total. The fourth-order valence-corrected chi connectivity index (χ4v) is 0.909. The van der Waals surface area contributed by atoms with E-state index in [2.05, 4.69) is 0 Å². The number of hydrogen-bond donors (Lipinski definition) is 4. The third-order valence-electron chi connectivity index (χ3n) is 1.51. The summed E-state index contributed by atoms with van der Waals surface area (Å²) < 4.78 is 10.6. The summed E-state index contributed by atoms with van der Waals surface area (Å²) in [5.74, 6) is -1.12. The number of nitrogens with two attached hydrogens (primary N) is 1. The minimum atomic E-state index is -4.41. The zero-order valence-electron chi connectivity index (χ0n) is 6.60. The zero-order valence-corrected chi connectivity index (χ0v) is 7.49.